The Bertz CT molecular complexity index is 345. The van der Waals surface area contributed by atoms with Gasteiger partial charge in [0.15, 0.2) is 0 Å². The number of fused-ring (bicyclic) bond motifs is 1. The molecule has 2 nitrogen and oxygen atoms in total. The second-order valence-electron chi connectivity index (χ2n) is 6.32. The van der Waals surface area contributed by atoms with Crippen LogP contribution in [-0.2, 0) is 9.53 Å². The predicted molar refractivity (Wildman–Crippen MR) is 73.0 cm³/mol. The average molecular weight is 250 g/mol. The van der Waals surface area contributed by atoms with E-state index >= 15 is 0 Å². The van der Waals surface area contributed by atoms with E-state index in [4.69, 9.17) is 4.74 Å². The Labute approximate surface area is 111 Å². The zero-order valence-electron chi connectivity index (χ0n) is 12.1. The molecule has 0 amide bonds. The lowest BCUT2D eigenvalue weighted by atomic mass is 9.60. The molecule has 102 valence electrons. The second kappa shape index (κ2) is 5.46. The molecule has 18 heavy (non-hydrogen) atoms. The standard InChI is InChI=1S/C16H26O2/c1-10-5-7-13-11(2)6-8-14(15(13)9-10)12(3)16(17)18-4/h9,11-15H,5-8H2,1-4H3/t11-,12-,13+,14+,15+/m0/s1. The lowest BCUT2D eigenvalue weighted by molar-refractivity contribution is -0.148. The average Bonchev–Trinajstić information content (AvgIpc) is 2.37. The van der Waals surface area contributed by atoms with E-state index in [1.807, 2.05) is 6.92 Å². The number of carbonyl (C=O) groups excluding carboxylic acids is 1. The van der Waals surface area contributed by atoms with Gasteiger partial charge in [0.25, 0.3) is 0 Å². The molecule has 0 saturated heterocycles. The number of hydrogen-bond acceptors (Lipinski definition) is 2. The van der Waals surface area contributed by atoms with Crippen LogP contribution in [0.5, 0.6) is 0 Å². The molecule has 0 N–H and O–H groups in total. The fourth-order valence-electron chi connectivity index (χ4n) is 4.03. The van der Waals surface area contributed by atoms with Crippen molar-refractivity contribution in [2.24, 2.45) is 29.6 Å². The monoisotopic (exact) mass is 250 g/mol. The first-order chi connectivity index (χ1) is 8.54. The van der Waals surface area contributed by atoms with E-state index in [0.29, 0.717) is 11.8 Å². The van der Waals surface area contributed by atoms with Gasteiger partial charge in [-0.15, -0.1) is 0 Å². The van der Waals surface area contributed by atoms with E-state index in [1.165, 1.54) is 38.4 Å². The molecule has 0 unspecified atom stereocenters. The third-order valence-electron chi connectivity index (χ3n) is 5.24. The van der Waals surface area contributed by atoms with Crippen molar-refractivity contribution in [3.05, 3.63) is 11.6 Å². The van der Waals surface area contributed by atoms with Gasteiger partial charge in [-0.05, 0) is 49.9 Å². The maximum atomic E-state index is 11.8. The van der Waals surface area contributed by atoms with Gasteiger partial charge >= 0.3 is 5.97 Å². The molecule has 2 heteroatoms. The third-order valence-corrected chi connectivity index (χ3v) is 5.24. The highest BCUT2D eigenvalue weighted by molar-refractivity contribution is 5.72. The van der Waals surface area contributed by atoms with Crippen LogP contribution in [0.2, 0.25) is 0 Å². The SMILES string of the molecule is COC(=O)[C@@H](C)[C@H]1CC[C@H](C)[C@H]2CCC(C)=C[C@@H]12. The van der Waals surface area contributed by atoms with Gasteiger partial charge in [0.05, 0.1) is 13.0 Å². The molecule has 1 fully saturated rings. The minimum atomic E-state index is -0.0371. The maximum Gasteiger partial charge on any atom is 0.308 e. The maximum absolute atomic E-state index is 11.8. The van der Waals surface area contributed by atoms with Gasteiger partial charge < -0.3 is 4.74 Å². The van der Waals surface area contributed by atoms with Crippen molar-refractivity contribution in [2.75, 3.05) is 7.11 Å². The van der Waals surface area contributed by atoms with E-state index in [-0.39, 0.29) is 11.9 Å². The van der Waals surface area contributed by atoms with E-state index in [1.54, 1.807) is 0 Å². The molecule has 0 bridgehead atoms. The van der Waals surface area contributed by atoms with Gasteiger partial charge in [-0.2, -0.15) is 0 Å². The van der Waals surface area contributed by atoms with Crippen molar-refractivity contribution in [1.29, 1.82) is 0 Å². The van der Waals surface area contributed by atoms with Crippen molar-refractivity contribution in [3.63, 3.8) is 0 Å². The lowest BCUT2D eigenvalue weighted by Crippen LogP contribution is -2.39. The summed E-state index contributed by atoms with van der Waals surface area (Å²) in [6.45, 7) is 6.65. The third kappa shape index (κ3) is 2.48. The molecule has 1 saturated carbocycles. The Kier molecular flexibility index (Phi) is 4.14. The molecular weight excluding hydrogens is 224 g/mol. The summed E-state index contributed by atoms with van der Waals surface area (Å²) in [6.07, 6.45) is 7.43. The summed E-state index contributed by atoms with van der Waals surface area (Å²) in [6, 6.07) is 0. The van der Waals surface area contributed by atoms with Crippen LogP contribution in [0.15, 0.2) is 11.6 Å². The molecule has 0 radical (unpaired) electrons. The Balaban J connectivity index is 2.20. The molecule has 2 aliphatic carbocycles. The van der Waals surface area contributed by atoms with Gasteiger partial charge in [-0.3, -0.25) is 4.79 Å². The van der Waals surface area contributed by atoms with Crippen LogP contribution >= 0.6 is 0 Å². The number of rotatable bonds is 2. The largest absolute Gasteiger partial charge is 0.469 e. The molecule has 0 aromatic rings. The van der Waals surface area contributed by atoms with Crippen LogP contribution < -0.4 is 0 Å². The quantitative estimate of drug-likeness (QED) is 0.550. The fourth-order valence-corrected chi connectivity index (χ4v) is 4.03. The summed E-state index contributed by atoms with van der Waals surface area (Å²) >= 11 is 0. The highest BCUT2D eigenvalue weighted by Crippen LogP contribution is 2.48. The summed E-state index contributed by atoms with van der Waals surface area (Å²) < 4.78 is 4.94. The van der Waals surface area contributed by atoms with Gasteiger partial charge in [0, 0.05) is 0 Å². The molecule has 0 heterocycles. The molecule has 0 aliphatic heterocycles. The smallest absolute Gasteiger partial charge is 0.308 e. The minimum absolute atomic E-state index is 0.0371. The Hall–Kier alpha value is -0.790. The van der Waals surface area contributed by atoms with Crippen LogP contribution in [0.25, 0.3) is 0 Å². The van der Waals surface area contributed by atoms with Crippen LogP contribution in [0.3, 0.4) is 0 Å². The Morgan fingerprint density at radius 3 is 2.78 bits per heavy atom. The van der Waals surface area contributed by atoms with E-state index < -0.39 is 0 Å². The Morgan fingerprint density at radius 1 is 1.39 bits per heavy atom. The number of esters is 1. The minimum Gasteiger partial charge on any atom is -0.469 e. The zero-order chi connectivity index (χ0) is 13.3. The summed E-state index contributed by atoms with van der Waals surface area (Å²) in [5.74, 6) is 2.66. The van der Waals surface area contributed by atoms with Crippen LogP contribution in [0.1, 0.15) is 46.5 Å². The molecular formula is C16H26O2. The molecule has 0 spiro atoms. The normalized spacial score (nSPS) is 37.4. The van der Waals surface area contributed by atoms with Gasteiger partial charge in [0.1, 0.15) is 0 Å². The predicted octanol–water partition coefficient (Wildman–Crippen LogP) is 3.81. The molecule has 2 aliphatic rings. The van der Waals surface area contributed by atoms with E-state index in [9.17, 15) is 4.79 Å². The topological polar surface area (TPSA) is 26.3 Å². The van der Waals surface area contributed by atoms with Crippen molar-refractivity contribution in [3.8, 4) is 0 Å². The first kappa shape index (κ1) is 13.6. The highest BCUT2D eigenvalue weighted by atomic mass is 16.5. The van der Waals surface area contributed by atoms with Gasteiger partial charge in [-0.25, -0.2) is 0 Å². The number of allylic oxidation sites excluding steroid dienone is 2. The molecule has 5 atom stereocenters. The summed E-state index contributed by atoms with van der Waals surface area (Å²) in [4.78, 5) is 11.8. The zero-order valence-corrected chi connectivity index (χ0v) is 12.1. The summed E-state index contributed by atoms with van der Waals surface area (Å²) in [7, 11) is 1.50. The first-order valence-electron chi connectivity index (χ1n) is 7.29. The van der Waals surface area contributed by atoms with Gasteiger partial charge in [-0.1, -0.05) is 31.9 Å². The van der Waals surface area contributed by atoms with Crippen LogP contribution in [-0.4, -0.2) is 13.1 Å². The molecule has 2 rings (SSSR count). The molecule has 0 aromatic carbocycles. The first-order valence-corrected chi connectivity index (χ1v) is 7.29. The van der Waals surface area contributed by atoms with Crippen molar-refractivity contribution < 1.29 is 9.53 Å². The van der Waals surface area contributed by atoms with Gasteiger partial charge in [0.2, 0.25) is 0 Å². The fraction of sp³-hybridized carbons (Fsp3) is 0.812. The Morgan fingerprint density at radius 2 is 2.11 bits per heavy atom. The van der Waals surface area contributed by atoms with Crippen molar-refractivity contribution in [2.45, 2.75) is 46.5 Å². The van der Waals surface area contributed by atoms with Crippen LogP contribution in [0.4, 0.5) is 0 Å². The lowest BCUT2D eigenvalue weighted by Gasteiger charge is -2.45. The van der Waals surface area contributed by atoms with Crippen molar-refractivity contribution in [1.82, 2.24) is 0 Å². The van der Waals surface area contributed by atoms with Crippen molar-refractivity contribution >= 4 is 5.97 Å². The number of ether oxygens (including phenoxy) is 1. The molecule has 0 aromatic heterocycles. The number of methoxy groups -OCH3 is 1. The highest BCUT2D eigenvalue weighted by Gasteiger charge is 2.41. The summed E-state index contributed by atoms with van der Waals surface area (Å²) in [5, 5.41) is 0. The van der Waals surface area contributed by atoms with E-state index in [2.05, 4.69) is 19.9 Å². The van der Waals surface area contributed by atoms with E-state index in [0.717, 1.165) is 11.8 Å². The summed E-state index contributed by atoms with van der Waals surface area (Å²) in [5.41, 5.74) is 1.51. The second-order valence-corrected chi connectivity index (χ2v) is 6.32. The number of hydrogen-bond donors (Lipinski definition) is 0. The number of carbonyl (C=O) groups is 1. The van der Waals surface area contributed by atoms with Crippen LogP contribution in [0, 0.1) is 29.6 Å².